The van der Waals surface area contributed by atoms with Gasteiger partial charge in [0.15, 0.2) is 5.78 Å². The monoisotopic (exact) mass is 336 g/mol. The molecule has 0 aromatic heterocycles. The molecule has 1 saturated heterocycles. The smallest absolute Gasteiger partial charge is 0.234 e. The summed E-state index contributed by atoms with van der Waals surface area (Å²) in [6, 6.07) is 14.4. The molecule has 25 heavy (non-hydrogen) atoms. The van der Waals surface area contributed by atoms with Gasteiger partial charge in [0.1, 0.15) is 0 Å². The summed E-state index contributed by atoms with van der Waals surface area (Å²) in [5, 5.41) is 5.16. The van der Waals surface area contributed by atoms with Crippen LogP contribution in [0.2, 0.25) is 0 Å². The van der Waals surface area contributed by atoms with Gasteiger partial charge in [0.2, 0.25) is 5.91 Å². The van der Waals surface area contributed by atoms with Crippen molar-refractivity contribution in [3.05, 3.63) is 48.0 Å². The molecule has 0 spiro atoms. The van der Waals surface area contributed by atoms with E-state index in [2.05, 4.69) is 10.2 Å². The zero-order valence-corrected chi connectivity index (χ0v) is 14.4. The molecule has 1 amide bonds. The highest BCUT2D eigenvalue weighted by atomic mass is 16.2. The molecule has 1 atom stereocenters. The highest BCUT2D eigenvalue weighted by Gasteiger charge is 2.29. The van der Waals surface area contributed by atoms with E-state index in [0.29, 0.717) is 19.1 Å². The van der Waals surface area contributed by atoms with Crippen LogP contribution in [0.15, 0.2) is 42.5 Å². The first-order valence-corrected chi connectivity index (χ1v) is 9.24. The van der Waals surface area contributed by atoms with Gasteiger partial charge in [0.05, 0.1) is 6.54 Å². The molecule has 4 rings (SSSR count). The lowest BCUT2D eigenvalue weighted by atomic mass is 9.88. The first kappa shape index (κ1) is 16.3. The molecule has 4 heteroatoms. The maximum Gasteiger partial charge on any atom is 0.234 e. The van der Waals surface area contributed by atoms with E-state index in [1.165, 1.54) is 0 Å². The molecule has 1 heterocycles. The van der Waals surface area contributed by atoms with Gasteiger partial charge in [0.25, 0.3) is 0 Å². The molecule has 1 N–H and O–H groups in total. The molecular formula is C21H24N2O2. The predicted molar refractivity (Wildman–Crippen MR) is 98.6 cm³/mol. The Hall–Kier alpha value is -2.20. The number of nitrogens with one attached hydrogen (secondary N) is 1. The lowest BCUT2D eigenvalue weighted by molar-refractivity contribution is -0.122. The molecule has 2 aliphatic rings. The quantitative estimate of drug-likeness (QED) is 0.854. The average Bonchev–Trinajstić information content (AvgIpc) is 3.44. The number of ketones is 1. The number of Topliss-reactive ketones (excluding diaryl/α,β-unsaturated/α-hetero) is 1. The number of likely N-dealkylation sites (tertiary alicyclic amines) is 1. The van der Waals surface area contributed by atoms with Crippen LogP contribution >= 0.6 is 0 Å². The summed E-state index contributed by atoms with van der Waals surface area (Å²) in [5.74, 6) is 0.290. The molecule has 1 aliphatic carbocycles. The van der Waals surface area contributed by atoms with Crippen molar-refractivity contribution in [1.82, 2.24) is 10.2 Å². The number of piperidine rings is 1. The van der Waals surface area contributed by atoms with Crippen molar-refractivity contribution >= 4 is 22.5 Å². The number of fused-ring (bicyclic) bond motifs is 1. The van der Waals surface area contributed by atoms with Crippen molar-refractivity contribution in [3.8, 4) is 0 Å². The Balaban J connectivity index is 1.46. The Morgan fingerprint density at radius 3 is 2.68 bits per heavy atom. The van der Waals surface area contributed by atoms with E-state index in [0.717, 1.165) is 48.6 Å². The second-order valence-corrected chi connectivity index (χ2v) is 7.31. The van der Waals surface area contributed by atoms with E-state index in [-0.39, 0.29) is 17.6 Å². The molecule has 130 valence electrons. The van der Waals surface area contributed by atoms with Gasteiger partial charge in [-0.2, -0.15) is 0 Å². The van der Waals surface area contributed by atoms with Gasteiger partial charge in [-0.15, -0.1) is 0 Å². The molecule has 2 fully saturated rings. The number of carbonyl (C=O) groups is 2. The molecule has 2 aromatic rings. The third kappa shape index (κ3) is 3.74. The van der Waals surface area contributed by atoms with Crippen LogP contribution in [0.25, 0.3) is 10.8 Å². The topological polar surface area (TPSA) is 49.4 Å². The van der Waals surface area contributed by atoms with Gasteiger partial charge in [-0.25, -0.2) is 0 Å². The highest BCUT2D eigenvalue weighted by Crippen LogP contribution is 2.26. The third-order valence-electron chi connectivity index (χ3n) is 5.24. The van der Waals surface area contributed by atoms with Gasteiger partial charge < -0.3 is 5.32 Å². The van der Waals surface area contributed by atoms with E-state index < -0.39 is 0 Å². The van der Waals surface area contributed by atoms with Gasteiger partial charge >= 0.3 is 0 Å². The molecule has 2 aromatic carbocycles. The Kier molecular flexibility index (Phi) is 4.53. The summed E-state index contributed by atoms with van der Waals surface area (Å²) in [6.07, 6.45) is 4.09. The van der Waals surface area contributed by atoms with Crippen LogP contribution in [0.5, 0.6) is 0 Å². The minimum absolute atomic E-state index is 0.0201. The fourth-order valence-corrected chi connectivity index (χ4v) is 3.78. The van der Waals surface area contributed by atoms with Crippen LogP contribution in [0.1, 0.15) is 36.0 Å². The third-order valence-corrected chi connectivity index (χ3v) is 5.24. The molecule has 1 aliphatic heterocycles. The predicted octanol–water partition coefficient (Wildman–Crippen LogP) is 3.01. The largest absolute Gasteiger partial charge is 0.352 e. The number of nitrogens with zero attached hydrogens (tertiary/aromatic N) is 1. The maximum absolute atomic E-state index is 13.1. The van der Waals surface area contributed by atoms with Crippen molar-refractivity contribution in [3.63, 3.8) is 0 Å². The zero-order chi connectivity index (χ0) is 17.2. The van der Waals surface area contributed by atoms with Crippen molar-refractivity contribution in [1.29, 1.82) is 0 Å². The minimum atomic E-state index is -0.0201. The summed E-state index contributed by atoms with van der Waals surface area (Å²) in [5.41, 5.74) is 0.812. The molecular weight excluding hydrogens is 312 g/mol. The lowest BCUT2D eigenvalue weighted by Gasteiger charge is -2.31. The Morgan fingerprint density at radius 2 is 1.84 bits per heavy atom. The highest BCUT2D eigenvalue weighted by molar-refractivity contribution is 6.09. The summed E-state index contributed by atoms with van der Waals surface area (Å²) < 4.78 is 0. The fourth-order valence-electron chi connectivity index (χ4n) is 3.78. The van der Waals surface area contributed by atoms with Gasteiger partial charge in [0, 0.05) is 24.1 Å². The number of hydrogen-bond acceptors (Lipinski definition) is 3. The molecule has 1 saturated carbocycles. The van der Waals surface area contributed by atoms with E-state index in [9.17, 15) is 9.59 Å². The summed E-state index contributed by atoms with van der Waals surface area (Å²) in [7, 11) is 0. The number of carbonyl (C=O) groups excluding carboxylic acids is 2. The number of hydrogen-bond donors (Lipinski definition) is 1. The summed E-state index contributed by atoms with van der Waals surface area (Å²) in [6.45, 7) is 1.99. The van der Waals surface area contributed by atoms with E-state index in [1.54, 1.807) is 0 Å². The van der Waals surface area contributed by atoms with Crippen molar-refractivity contribution < 1.29 is 9.59 Å². The minimum Gasteiger partial charge on any atom is -0.352 e. The summed E-state index contributed by atoms with van der Waals surface area (Å²) in [4.78, 5) is 27.3. The van der Waals surface area contributed by atoms with E-state index >= 15 is 0 Å². The number of amides is 1. The van der Waals surface area contributed by atoms with Crippen molar-refractivity contribution in [2.24, 2.45) is 5.92 Å². The van der Waals surface area contributed by atoms with Crippen molar-refractivity contribution in [2.75, 3.05) is 19.6 Å². The number of rotatable bonds is 5. The molecule has 0 radical (unpaired) electrons. The number of benzene rings is 2. The van der Waals surface area contributed by atoms with E-state index in [4.69, 9.17) is 0 Å². The Bertz CT molecular complexity index is 792. The van der Waals surface area contributed by atoms with Gasteiger partial charge in [-0.1, -0.05) is 42.5 Å². The molecule has 0 bridgehead atoms. The molecule has 4 nitrogen and oxygen atoms in total. The van der Waals surface area contributed by atoms with Crippen molar-refractivity contribution in [2.45, 2.75) is 31.7 Å². The molecule has 0 unspecified atom stereocenters. The summed E-state index contributed by atoms with van der Waals surface area (Å²) >= 11 is 0. The SMILES string of the molecule is O=C(CN1CCC[C@H](C(=O)c2cccc3ccccc23)C1)NC1CC1. The second-order valence-electron chi connectivity index (χ2n) is 7.31. The fraction of sp³-hybridized carbons (Fsp3) is 0.429. The van der Waals surface area contributed by atoms with Crippen LogP contribution in [0.3, 0.4) is 0 Å². The second kappa shape index (κ2) is 6.96. The van der Waals surface area contributed by atoms with E-state index in [1.807, 2.05) is 42.5 Å². The first-order chi connectivity index (χ1) is 12.2. The van der Waals surface area contributed by atoms with Crippen LogP contribution < -0.4 is 5.32 Å². The average molecular weight is 336 g/mol. The zero-order valence-electron chi connectivity index (χ0n) is 14.4. The van der Waals surface area contributed by atoms with Gasteiger partial charge in [-0.3, -0.25) is 14.5 Å². The van der Waals surface area contributed by atoms with Crippen LogP contribution in [-0.4, -0.2) is 42.3 Å². The van der Waals surface area contributed by atoms with Crippen LogP contribution in [0.4, 0.5) is 0 Å². The lowest BCUT2D eigenvalue weighted by Crippen LogP contribution is -2.44. The standard InChI is InChI=1S/C21H24N2O2/c24-20(22-17-10-11-17)14-23-12-4-7-16(13-23)21(25)19-9-3-6-15-5-1-2-8-18(15)19/h1-3,5-6,8-9,16-17H,4,7,10-14H2,(H,22,24)/t16-/m0/s1. The first-order valence-electron chi connectivity index (χ1n) is 9.24. The Labute approximate surface area is 148 Å². The maximum atomic E-state index is 13.1. The Morgan fingerprint density at radius 1 is 1.04 bits per heavy atom. The van der Waals surface area contributed by atoms with Crippen LogP contribution in [-0.2, 0) is 4.79 Å². The van der Waals surface area contributed by atoms with Crippen LogP contribution in [0, 0.1) is 5.92 Å². The normalized spacial score (nSPS) is 21.2. The van der Waals surface area contributed by atoms with Gasteiger partial charge in [-0.05, 0) is 43.0 Å².